The highest BCUT2D eigenvalue weighted by Crippen LogP contribution is 2.43. The number of nitrogens with zero attached hydrogens (tertiary/aromatic N) is 1. The van der Waals surface area contributed by atoms with Gasteiger partial charge in [0, 0.05) is 6.54 Å². The van der Waals surface area contributed by atoms with Crippen LogP contribution in [0.3, 0.4) is 0 Å². The molecule has 0 bridgehead atoms. The van der Waals surface area contributed by atoms with Crippen molar-refractivity contribution in [3.63, 3.8) is 0 Å². The zero-order chi connectivity index (χ0) is 12.5. The second-order valence-corrected chi connectivity index (χ2v) is 6.63. The van der Waals surface area contributed by atoms with Gasteiger partial charge in [0.05, 0.1) is 11.9 Å². The maximum atomic E-state index is 12.0. The minimum absolute atomic E-state index is 0.185. The number of hydrogen-bond donors (Lipinski definition) is 2. The van der Waals surface area contributed by atoms with Gasteiger partial charge in [-0.05, 0) is 31.6 Å². The van der Waals surface area contributed by atoms with Crippen molar-refractivity contribution in [2.24, 2.45) is 5.41 Å². The average Bonchev–Trinajstić information content (AvgIpc) is 2.64. The standard InChI is InChI=1S/C11H19N3O2S/c1-3-11(5-4-6-11)8-13-17(15,16)10-7-12-14-9(10)2/h7,13H,3-6,8H2,1-2H3,(H,12,14). The van der Waals surface area contributed by atoms with Gasteiger partial charge in [0.25, 0.3) is 0 Å². The molecule has 1 heterocycles. The summed E-state index contributed by atoms with van der Waals surface area (Å²) >= 11 is 0. The number of nitrogens with one attached hydrogen (secondary N) is 2. The maximum Gasteiger partial charge on any atom is 0.243 e. The predicted molar refractivity (Wildman–Crippen MR) is 65.1 cm³/mol. The molecule has 2 rings (SSSR count). The van der Waals surface area contributed by atoms with Gasteiger partial charge in [0.2, 0.25) is 10.0 Å². The zero-order valence-electron chi connectivity index (χ0n) is 10.3. The largest absolute Gasteiger partial charge is 0.281 e. The molecule has 1 aromatic rings. The first-order valence-corrected chi connectivity index (χ1v) is 7.47. The number of aromatic amines is 1. The Morgan fingerprint density at radius 3 is 2.65 bits per heavy atom. The van der Waals surface area contributed by atoms with Crippen LogP contribution in [0.1, 0.15) is 38.3 Å². The molecule has 5 nitrogen and oxygen atoms in total. The minimum Gasteiger partial charge on any atom is -0.281 e. The third-order valence-corrected chi connectivity index (χ3v) is 5.39. The molecule has 6 heteroatoms. The molecule has 0 radical (unpaired) electrons. The van der Waals surface area contributed by atoms with Crippen LogP contribution in [0.25, 0.3) is 0 Å². The highest BCUT2D eigenvalue weighted by atomic mass is 32.2. The van der Waals surface area contributed by atoms with Crippen molar-refractivity contribution in [2.45, 2.75) is 44.4 Å². The van der Waals surface area contributed by atoms with E-state index in [0.29, 0.717) is 12.2 Å². The molecule has 0 spiro atoms. The Labute approximate surface area is 102 Å². The quantitative estimate of drug-likeness (QED) is 0.841. The Kier molecular flexibility index (Phi) is 3.27. The van der Waals surface area contributed by atoms with Gasteiger partial charge in [-0.3, -0.25) is 5.10 Å². The van der Waals surface area contributed by atoms with E-state index < -0.39 is 10.0 Å². The molecule has 0 unspecified atom stereocenters. The molecule has 1 fully saturated rings. The van der Waals surface area contributed by atoms with Crippen molar-refractivity contribution in [3.05, 3.63) is 11.9 Å². The van der Waals surface area contributed by atoms with Crippen LogP contribution in [0.4, 0.5) is 0 Å². The smallest absolute Gasteiger partial charge is 0.243 e. The van der Waals surface area contributed by atoms with Crippen molar-refractivity contribution >= 4 is 10.0 Å². The minimum atomic E-state index is -3.41. The lowest BCUT2D eigenvalue weighted by Gasteiger charge is -2.41. The third-order valence-electron chi connectivity index (χ3n) is 3.87. The molecule has 0 aliphatic heterocycles. The maximum absolute atomic E-state index is 12.0. The van der Waals surface area contributed by atoms with Gasteiger partial charge < -0.3 is 0 Å². The molecule has 96 valence electrons. The fourth-order valence-corrected chi connectivity index (χ4v) is 3.56. The molecule has 0 amide bonds. The van der Waals surface area contributed by atoms with Gasteiger partial charge in [-0.25, -0.2) is 13.1 Å². The first kappa shape index (κ1) is 12.6. The van der Waals surface area contributed by atoms with Crippen LogP contribution in [0.5, 0.6) is 0 Å². The fraction of sp³-hybridized carbons (Fsp3) is 0.727. The molecule has 1 aliphatic carbocycles. The summed E-state index contributed by atoms with van der Waals surface area (Å²) in [6.07, 6.45) is 5.84. The average molecular weight is 257 g/mol. The molecule has 17 heavy (non-hydrogen) atoms. The Bertz CT molecular complexity index is 483. The van der Waals surface area contributed by atoms with Crippen LogP contribution >= 0.6 is 0 Å². The molecule has 1 aromatic heterocycles. The number of H-pyrrole nitrogens is 1. The second kappa shape index (κ2) is 4.42. The highest BCUT2D eigenvalue weighted by molar-refractivity contribution is 7.89. The number of hydrogen-bond acceptors (Lipinski definition) is 3. The first-order chi connectivity index (χ1) is 7.99. The van der Waals surface area contributed by atoms with Crippen molar-refractivity contribution in [1.82, 2.24) is 14.9 Å². The molecule has 1 saturated carbocycles. The van der Waals surface area contributed by atoms with Crippen LogP contribution in [-0.2, 0) is 10.0 Å². The highest BCUT2D eigenvalue weighted by Gasteiger charge is 2.36. The lowest BCUT2D eigenvalue weighted by Crippen LogP contribution is -2.41. The molecule has 0 aromatic carbocycles. The summed E-state index contributed by atoms with van der Waals surface area (Å²) in [6.45, 7) is 4.37. The third kappa shape index (κ3) is 2.37. The topological polar surface area (TPSA) is 74.8 Å². The fourth-order valence-electron chi connectivity index (χ4n) is 2.27. The zero-order valence-corrected chi connectivity index (χ0v) is 11.1. The summed E-state index contributed by atoms with van der Waals surface area (Å²) in [6, 6.07) is 0. The molecule has 2 N–H and O–H groups in total. The number of rotatable bonds is 5. The van der Waals surface area contributed by atoms with E-state index >= 15 is 0 Å². The summed E-state index contributed by atoms with van der Waals surface area (Å²) < 4.78 is 26.8. The van der Waals surface area contributed by atoms with Gasteiger partial charge in [-0.2, -0.15) is 5.10 Å². The van der Waals surface area contributed by atoms with Crippen LogP contribution in [0, 0.1) is 12.3 Å². The van der Waals surface area contributed by atoms with Gasteiger partial charge in [-0.1, -0.05) is 13.3 Å². The van der Waals surface area contributed by atoms with Crippen molar-refractivity contribution in [3.8, 4) is 0 Å². The van der Waals surface area contributed by atoms with Gasteiger partial charge in [0.15, 0.2) is 0 Å². The van der Waals surface area contributed by atoms with E-state index in [2.05, 4.69) is 21.8 Å². The molecule has 0 atom stereocenters. The lowest BCUT2D eigenvalue weighted by atomic mass is 9.67. The Balaban J connectivity index is 2.06. The molecular weight excluding hydrogens is 238 g/mol. The summed E-state index contributed by atoms with van der Waals surface area (Å²) in [5.74, 6) is 0. The van der Waals surface area contributed by atoms with E-state index in [4.69, 9.17) is 0 Å². The second-order valence-electron chi connectivity index (χ2n) is 4.89. The Hall–Kier alpha value is -0.880. The van der Waals surface area contributed by atoms with Crippen molar-refractivity contribution < 1.29 is 8.42 Å². The Morgan fingerprint density at radius 2 is 2.24 bits per heavy atom. The van der Waals surface area contributed by atoms with Crippen molar-refractivity contribution in [2.75, 3.05) is 6.54 Å². The summed E-state index contributed by atoms with van der Waals surface area (Å²) in [5.41, 5.74) is 0.765. The van der Waals surface area contributed by atoms with Crippen molar-refractivity contribution in [1.29, 1.82) is 0 Å². The van der Waals surface area contributed by atoms with E-state index in [0.717, 1.165) is 19.3 Å². The van der Waals surface area contributed by atoms with Crippen LogP contribution in [-0.4, -0.2) is 25.2 Å². The Morgan fingerprint density at radius 1 is 1.53 bits per heavy atom. The van der Waals surface area contributed by atoms with Gasteiger partial charge >= 0.3 is 0 Å². The van der Waals surface area contributed by atoms with E-state index in [1.807, 2.05) is 0 Å². The number of sulfonamides is 1. The molecule has 0 saturated heterocycles. The van der Waals surface area contributed by atoms with E-state index in [9.17, 15) is 8.42 Å². The summed E-state index contributed by atoms with van der Waals surface area (Å²) in [7, 11) is -3.41. The van der Waals surface area contributed by atoms with Gasteiger partial charge in [0.1, 0.15) is 4.90 Å². The van der Waals surface area contributed by atoms with Crippen LogP contribution in [0.15, 0.2) is 11.1 Å². The van der Waals surface area contributed by atoms with E-state index in [-0.39, 0.29) is 10.3 Å². The number of aryl methyl sites for hydroxylation is 1. The normalized spacial score (nSPS) is 18.9. The van der Waals surface area contributed by atoms with E-state index in [1.165, 1.54) is 12.6 Å². The summed E-state index contributed by atoms with van der Waals surface area (Å²) in [5, 5.41) is 6.39. The van der Waals surface area contributed by atoms with Gasteiger partial charge in [-0.15, -0.1) is 0 Å². The molecule has 1 aliphatic rings. The first-order valence-electron chi connectivity index (χ1n) is 5.99. The molecular formula is C11H19N3O2S. The summed E-state index contributed by atoms with van der Waals surface area (Å²) in [4.78, 5) is 0.253. The van der Waals surface area contributed by atoms with E-state index in [1.54, 1.807) is 6.92 Å². The predicted octanol–water partition coefficient (Wildman–Crippen LogP) is 1.58. The van der Waals surface area contributed by atoms with Crippen LogP contribution in [0.2, 0.25) is 0 Å². The SMILES string of the molecule is CCC1(CNS(=O)(=O)c2cn[nH]c2C)CCC1. The van der Waals surface area contributed by atoms with Crippen LogP contribution < -0.4 is 4.72 Å². The monoisotopic (exact) mass is 257 g/mol. The number of aromatic nitrogens is 2. The lowest BCUT2D eigenvalue weighted by molar-refractivity contribution is 0.133.